The van der Waals surface area contributed by atoms with Crippen LogP contribution in [0.25, 0.3) is 0 Å². The summed E-state index contributed by atoms with van der Waals surface area (Å²) in [5.41, 5.74) is 0.520. The molecule has 1 aromatic heterocycles. The average Bonchev–Trinajstić information content (AvgIpc) is 3.06. The van der Waals surface area contributed by atoms with Crippen LogP contribution >= 0.6 is 0 Å². The highest BCUT2D eigenvalue weighted by Crippen LogP contribution is 2.28. The second-order valence-corrected chi connectivity index (χ2v) is 4.83. The van der Waals surface area contributed by atoms with Crippen molar-refractivity contribution in [1.82, 2.24) is 5.32 Å². The molecule has 2 aromatic rings. The number of unbranched alkanes of at least 4 members (excludes halogenated alkanes) is 1. The fraction of sp³-hybridized carbons (Fsp3) is 0.353. The Labute approximate surface area is 130 Å². The van der Waals surface area contributed by atoms with E-state index in [9.17, 15) is 4.79 Å². The molecule has 0 spiro atoms. The van der Waals surface area contributed by atoms with Crippen LogP contribution in [0.4, 0.5) is 0 Å². The highest BCUT2D eigenvalue weighted by Gasteiger charge is 2.11. The summed E-state index contributed by atoms with van der Waals surface area (Å²) in [6, 6.07) is 8.76. The number of amides is 1. The first-order valence-corrected chi connectivity index (χ1v) is 7.36. The molecule has 5 heteroatoms. The maximum absolute atomic E-state index is 12.1. The molecular formula is C17H21NO4. The molecule has 2 rings (SSSR count). The molecule has 0 fully saturated rings. The summed E-state index contributed by atoms with van der Waals surface area (Å²) in [4.78, 5) is 12.1. The zero-order valence-electron chi connectivity index (χ0n) is 12.9. The van der Waals surface area contributed by atoms with Crippen LogP contribution in [0.15, 0.2) is 41.0 Å². The first-order valence-electron chi connectivity index (χ1n) is 7.36. The van der Waals surface area contributed by atoms with Crippen LogP contribution in [-0.4, -0.2) is 19.6 Å². The lowest BCUT2D eigenvalue weighted by molar-refractivity contribution is 0.0947. The first kappa shape index (κ1) is 15.9. The Morgan fingerprint density at radius 3 is 2.82 bits per heavy atom. The summed E-state index contributed by atoms with van der Waals surface area (Å²) in [6.45, 7) is 3.09. The monoisotopic (exact) mass is 303 g/mol. The van der Waals surface area contributed by atoms with Crippen molar-refractivity contribution < 1.29 is 18.7 Å². The van der Waals surface area contributed by atoms with Crippen molar-refractivity contribution in [2.24, 2.45) is 0 Å². The molecule has 1 amide bonds. The van der Waals surface area contributed by atoms with Crippen molar-refractivity contribution in [3.8, 4) is 11.5 Å². The van der Waals surface area contributed by atoms with Crippen molar-refractivity contribution in [3.05, 3.63) is 47.9 Å². The Balaban J connectivity index is 1.99. The SMILES string of the molecule is CCCCOc1ccc(C(=O)NCc2ccco2)cc1OC. The Bertz CT molecular complexity index is 593. The largest absolute Gasteiger partial charge is 0.493 e. The number of furan rings is 1. The molecule has 0 atom stereocenters. The van der Waals surface area contributed by atoms with Gasteiger partial charge in [0.15, 0.2) is 11.5 Å². The predicted molar refractivity (Wildman–Crippen MR) is 83.3 cm³/mol. The Hall–Kier alpha value is -2.43. The minimum absolute atomic E-state index is 0.185. The van der Waals surface area contributed by atoms with Gasteiger partial charge in [-0.25, -0.2) is 0 Å². The third-order valence-electron chi connectivity index (χ3n) is 3.18. The third kappa shape index (κ3) is 4.28. The highest BCUT2D eigenvalue weighted by atomic mass is 16.5. The van der Waals surface area contributed by atoms with Crippen LogP contribution in [0.1, 0.15) is 35.9 Å². The van der Waals surface area contributed by atoms with Gasteiger partial charge in [-0.1, -0.05) is 13.3 Å². The maximum atomic E-state index is 12.1. The molecule has 0 saturated carbocycles. The highest BCUT2D eigenvalue weighted by molar-refractivity contribution is 5.94. The number of methoxy groups -OCH3 is 1. The standard InChI is InChI=1S/C17H21NO4/c1-3-4-9-22-15-8-7-13(11-16(15)20-2)17(19)18-12-14-6-5-10-21-14/h5-8,10-11H,3-4,9,12H2,1-2H3,(H,18,19). The van der Waals surface area contributed by atoms with E-state index in [2.05, 4.69) is 12.2 Å². The zero-order valence-corrected chi connectivity index (χ0v) is 12.9. The second-order valence-electron chi connectivity index (χ2n) is 4.83. The minimum Gasteiger partial charge on any atom is -0.493 e. The molecule has 0 aliphatic rings. The van der Waals surface area contributed by atoms with Crippen molar-refractivity contribution >= 4 is 5.91 Å². The number of rotatable bonds is 8. The van der Waals surface area contributed by atoms with E-state index in [1.807, 2.05) is 6.07 Å². The molecule has 0 unspecified atom stereocenters. The van der Waals surface area contributed by atoms with E-state index >= 15 is 0 Å². The van der Waals surface area contributed by atoms with Gasteiger partial charge in [0.1, 0.15) is 5.76 Å². The first-order chi connectivity index (χ1) is 10.7. The molecule has 1 N–H and O–H groups in total. The molecule has 0 bridgehead atoms. The van der Waals surface area contributed by atoms with E-state index in [1.165, 1.54) is 0 Å². The van der Waals surface area contributed by atoms with E-state index in [-0.39, 0.29) is 5.91 Å². The van der Waals surface area contributed by atoms with E-state index in [4.69, 9.17) is 13.9 Å². The number of nitrogens with one attached hydrogen (secondary N) is 1. The van der Waals surface area contributed by atoms with E-state index in [0.717, 1.165) is 12.8 Å². The second kappa shape index (κ2) is 8.12. The third-order valence-corrected chi connectivity index (χ3v) is 3.18. The van der Waals surface area contributed by atoms with Gasteiger partial charge < -0.3 is 19.2 Å². The van der Waals surface area contributed by atoms with Gasteiger partial charge in [-0.3, -0.25) is 4.79 Å². The van der Waals surface area contributed by atoms with Gasteiger partial charge >= 0.3 is 0 Å². The van der Waals surface area contributed by atoms with Crippen LogP contribution in [0.5, 0.6) is 11.5 Å². The number of carbonyl (C=O) groups is 1. The fourth-order valence-electron chi connectivity index (χ4n) is 1.94. The fourth-order valence-corrected chi connectivity index (χ4v) is 1.94. The van der Waals surface area contributed by atoms with Gasteiger partial charge in [0.25, 0.3) is 5.91 Å². The Morgan fingerprint density at radius 1 is 1.27 bits per heavy atom. The van der Waals surface area contributed by atoms with Gasteiger partial charge in [-0.2, -0.15) is 0 Å². The molecule has 0 radical (unpaired) electrons. The zero-order chi connectivity index (χ0) is 15.8. The van der Waals surface area contributed by atoms with Gasteiger partial charge in [0.2, 0.25) is 0 Å². The number of ether oxygens (including phenoxy) is 2. The van der Waals surface area contributed by atoms with Crippen molar-refractivity contribution in [2.75, 3.05) is 13.7 Å². The summed E-state index contributed by atoms with van der Waals surface area (Å²) in [5.74, 6) is 1.73. The number of hydrogen-bond donors (Lipinski definition) is 1. The van der Waals surface area contributed by atoms with E-state index in [1.54, 1.807) is 37.6 Å². The smallest absolute Gasteiger partial charge is 0.251 e. The topological polar surface area (TPSA) is 60.7 Å². The lowest BCUT2D eigenvalue weighted by Gasteiger charge is -2.12. The summed E-state index contributed by atoms with van der Waals surface area (Å²) in [5, 5.41) is 2.80. The maximum Gasteiger partial charge on any atom is 0.251 e. The molecule has 0 aliphatic carbocycles. The van der Waals surface area contributed by atoms with Crippen LogP contribution in [0.2, 0.25) is 0 Å². The Kier molecular flexibility index (Phi) is 5.89. The lowest BCUT2D eigenvalue weighted by atomic mass is 10.2. The molecule has 5 nitrogen and oxygen atoms in total. The average molecular weight is 303 g/mol. The van der Waals surface area contributed by atoms with Gasteiger partial charge in [0.05, 0.1) is 26.5 Å². The predicted octanol–water partition coefficient (Wildman–Crippen LogP) is 3.40. The van der Waals surface area contributed by atoms with Gasteiger partial charge in [-0.15, -0.1) is 0 Å². The summed E-state index contributed by atoms with van der Waals surface area (Å²) in [6.07, 6.45) is 3.62. The van der Waals surface area contributed by atoms with E-state index in [0.29, 0.717) is 36.0 Å². The minimum atomic E-state index is -0.185. The molecule has 22 heavy (non-hydrogen) atoms. The van der Waals surface area contributed by atoms with Crippen LogP contribution in [0, 0.1) is 0 Å². The van der Waals surface area contributed by atoms with Crippen LogP contribution in [0.3, 0.4) is 0 Å². The summed E-state index contributed by atoms with van der Waals surface area (Å²) < 4.78 is 16.1. The number of carbonyl (C=O) groups excluding carboxylic acids is 1. The molecule has 0 saturated heterocycles. The number of benzene rings is 1. The summed E-state index contributed by atoms with van der Waals surface area (Å²) >= 11 is 0. The van der Waals surface area contributed by atoms with Crippen LogP contribution in [-0.2, 0) is 6.54 Å². The Morgan fingerprint density at radius 2 is 2.14 bits per heavy atom. The normalized spacial score (nSPS) is 10.3. The van der Waals surface area contributed by atoms with Crippen LogP contribution < -0.4 is 14.8 Å². The molecule has 1 heterocycles. The molecular weight excluding hydrogens is 282 g/mol. The lowest BCUT2D eigenvalue weighted by Crippen LogP contribution is -2.22. The van der Waals surface area contributed by atoms with Crippen molar-refractivity contribution in [3.63, 3.8) is 0 Å². The molecule has 118 valence electrons. The van der Waals surface area contributed by atoms with E-state index < -0.39 is 0 Å². The number of hydrogen-bond acceptors (Lipinski definition) is 4. The molecule has 0 aliphatic heterocycles. The summed E-state index contributed by atoms with van der Waals surface area (Å²) in [7, 11) is 1.56. The van der Waals surface area contributed by atoms with Crippen molar-refractivity contribution in [1.29, 1.82) is 0 Å². The van der Waals surface area contributed by atoms with Gasteiger partial charge in [0, 0.05) is 5.56 Å². The quantitative estimate of drug-likeness (QED) is 0.759. The van der Waals surface area contributed by atoms with Crippen molar-refractivity contribution in [2.45, 2.75) is 26.3 Å². The molecule has 1 aromatic carbocycles. The van der Waals surface area contributed by atoms with Gasteiger partial charge in [-0.05, 0) is 36.8 Å².